The Balaban J connectivity index is 1.97. The first kappa shape index (κ1) is 17.7. The molecule has 1 aliphatic rings. The van der Waals surface area contributed by atoms with Crippen molar-refractivity contribution < 1.29 is 4.48 Å². The Morgan fingerprint density at radius 3 is 1.84 bits per heavy atom. The normalized spacial score (nSPS) is 21.8. The maximum Gasteiger partial charge on any atom is 0.105 e. The van der Waals surface area contributed by atoms with Gasteiger partial charge >= 0.3 is 0 Å². The number of quaternary nitrogens is 1. The smallest absolute Gasteiger partial charge is 0.105 e. The highest BCUT2D eigenvalue weighted by Crippen LogP contribution is 2.25. The molecule has 0 bridgehead atoms. The molecule has 0 amide bonds. The lowest BCUT2D eigenvalue weighted by atomic mass is 10.1. The van der Waals surface area contributed by atoms with Crippen molar-refractivity contribution in [2.24, 2.45) is 0 Å². The molecule has 0 saturated heterocycles. The second-order valence-corrected chi connectivity index (χ2v) is 7.61. The van der Waals surface area contributed by atoms with Crippen LogP contribution in [0.25, 0.3) is 0 Å². The van der Waals surface area contributed by atoms with Crippen LogP contribution in [0.15, 0.2) is 84.0 Å². The third kappa shape index (κ3) is 5.17. The van der Waals surface area contributed by atoms with Gasteiger partial charge in [-0.25, -0.2) is 0 Å². The second kappa shape index (κ2) is 8.31. The van der Waals surface area contributed by atoms with E-state index in [1.807, 2.05) is 0 Å². The van der Waals surface area contributed by atoms with Crippen LogP contribution < -0.4 is 0 Å². The van der Waals surface area contributed by atoms with Gasteiger partial charge in [-0.15, -0.1) is 0 Å². The molecule has 3 rings (SSSR count). The Bertz CT molecular complexity index is 684. The average Bonchev–Trinajstić information content (AvgIpc) is 2.67. The van der Waals surface area contributed by atoms with Crippen molar-refractivity contribution in [3.63, 3.8) is 0 Å². The largest absolute Gasteiger partial charge is 0.309 e. The van der Waals surface area contributed by atoms with Crippen molar-refractivity contribution in [2.75, 3.05) is 13.1 Å². The zero-order chi connectivity index (χ0) is 17.5. The first-order valence-electron chi connectivity index (χ1n) is 9.39. The molecule has 2 aromatic carbocycles. The molecule has 0 atom stereocenters. The first-order chi connectivity index (χ1) is 12.2. The molecular weight excluding hydrogens is 302 g/mol. The summed E-state index contributed by atoms with van der Waals surface area (Å²) in [5, 5.41) is 0. The van der Waals surface area contributed by atoms with Gasteiger partial charge in [-0.1, -0.05) is 72.3 Å². The lowest BCUT2D eigenvalue weighted by Crippen LogP contribution is -2.47. The highest BCUT2D eigenvalue weighted by atomic mass is 15.3. The van der Waals surface area contributed by atoms with E-state index >= 15 is 0 Å². The summed E-state index contributed by atoms with van der Waals surface area (Å²) in [7, 11) is 0. The number of nitrogens with zero attached hydrogens (tertiary/aromatic N) is 1. The molecule has 1 aliphatic heterocycles. The Kier molecular flexibility index (Phi) is 5.88. The van der Waals surface area contributed by atoms with Gasteiger partial charge in [-0.2, -0.15) is 0 Å². The fraction of sp³-hybridized carbons (Fsp3) is 0.333. The van der Waals surface area contributed by atoms with Crippen LogP contribution in [0.1, 0.15) is 37.8 Å². The van der Waals surface area contributed by atoms with Crippen LogP contribution >= 0.6 is 0 Å². The van der Waals surface area contributed by atoms with Crippen molar-refractivity contribution in [1.29, 1.82) is 0 Å². The second-order valence-electron chi connectivity index (χ2n) is 7.61. The molecule has 1 nitrogen and oxygen atoms in total. The molecule has 1 heteroatoms. The van der Waals surface area contributed by atoms with Crippen LogP contribution in [-0.4, -0.2) is 17.6 Å². The van der Waals surface area contributed by atoms with E-state index in [1.165, 1.54) is 35.1 Å². The molecule has 2 aromatic rings. The Labute approximate surface area is 152 Å². The number of hydrogen-bond acceptors (Lipinski definition) is 0. The van der Waals surface area contributed by atoms with E-state index in [1.54, 1.807) is 0 Å². The minimum Gasteiger partial charge on any atom is -0.309 e. The lowest BCUT2D eigenvalue weighted by molar-refractivity contribution is -0.944. The van der Waals surface area contributed by atoms with Gasteiger partial charge in [0.2, 0.25) is 0 Å². The fourth-order valence-corrected chi connectivity index (χ4v) is 3.89. The Morgan fingerprint density at radius 1 is 0.720 bits per heavy atom. The maximum absolute atomic E-state index is 2.48. The van der Waals surface area contributed by atoms with Gasteiger partial charge in [0, 0.05) is 11.1 Å². The van der Waals surface area contributed by atoms with E-state index in [0.29, 0.717) is 0 Å². The van der Waals surface area contributed by atoms with Crippen LogP contribution in [0, 0.1) is 0 Å². The zero-order valence-corrected chi connectivity index (χ0v) is 15.6. The molecule has 0 spiro atoms. The highest BCUT2D eigenvalue weighted by Gasteiger charge is 2.28. The van der Waals surface area contributed by atoms with Crippen molar-refractivity contribution in [3.05, 3.63) is 95.1 Å². The number of rotatable bonds is 4. The standard InChI is InChI=1S/C24H30N/c1-21-10-9-11-22(2)18-25(17-16-21,19-23-12-5-3-6-13-23)20-24-14-7-4-8-15-24/h3-8,11-16H,9-10,17-20H2,1-2H3/q+1/b21-16-,22-11+. The maximum atomic E-state index is 2.48. The van der Waals surface area contributed by atoms with Gasteiger partial charge in [0.15, 0.2) is 0 Å². The predicted octanol–water partition coefficient (Wildman–Crippen LogP) is 5.89. The molecule has 0 aromatic heterocycles. The van der Waals surface area contributed by atoms with Crippen LogP contribution in [-0.2, 0) is 13.1 Å². The summed E-state index contributed by atoms with van der Waals surface area (Å²) in [4.78, 5) is 0. The van der Waals surface area contributed by atoms with Gasteiger partial charge < -0.3 is 4.48 Å². The van der Waals surface area contributed by atoms with E-state index < -0.39 is 0 Å². The minimum absolute atomic E-state index is 1.06. The SMILES string of the molecule is C/C1=C/C[N+](Cc2ccccc2)(Cc2ccccc2)C/C(C)=C/CC1. The number of allylic oxidation sites excluding steroid dienone is 2. The van der Waals surface area contributed by atoms with Crippen molar-refractivity contribution >= 4 is 0 Å². The van der Waals surface area contributed by atoms with Crippen molar-refractivity contribution in [1.82, 2.24) is 0 Å². The van der Waals surface area contributed by atoms with E-state index in [4.69, 9.17) is 0 Å². The summed E-state index contributed by atoms with van der Waals surface area (Å²) in [6.45, 7) is 8.96. The summed E-state index contributed by atoms with van der Waals surface area (Å²) < 4.78 is 1.06. The van der Waals surface area contributed by atoms with E-state index in [9.17, 15) is 0 Å². The summed E-state index contributed by atoms with van der Waals surface area (Å²) in [5.41, 5.74) is 5.90. The predicted molar refractivity (Wildman–Crippen MR) is 107 cm³/mol. The first-order valence-corrected chi connectivity index (χ1v) is 9.39. The van der Waals surface area contributed by atoms with Crippen molar-refractivity contribution in [3.8, 4) is 0 Å². The Hall–Kier alpha value is -2.12. The third-order valence-electron chi connectivity index (χ3n) is 5.16. The monoisotopic (exact) mass is 332 g/mol. The van der Waals surface area contributed by atoms with Gasteiger partial charge in [0.25, 0.3) is 0 Å². The molecule has 25 heavy (non-hydrogen) atoms. The fourth-order valence-electron chi connectivity index (χ4n) is 3.89. The molecule has 0 fully saturated rings. The topological polar surface area (TPSA) is 0 Å². The highest BCUT2D eigenvalue weighted by molar-refractivity contribution is 5.16. The summed E-state index contributed by atoms with van der Waals surface area (Å²) >= 11 is 0. The average molecular weight is 333 g/mol. The summed E-state index contributed by atoms with van der Waals surface area (Å²) in [6.07, 6.45) is 7.29. The van der Waals surface area contributed by atoms with Crippen molar-refractivity contribution in [2.45, 2.75) is 39.8 Å². The van der Waals surface area contributed by atoms with E-state index in [2.05, 4.69) is 86.7 Å². The molecular formula is C24H30N+. The molecule has 0 unspecified atom stereocenters. The number of hydrogen-bond donors (Lipinski definition) is 0. The summed E-state index contributed by atoms with van der Waals surface area (Å²) in [6, 6.07) is 21.9. The molecule has 130 valence electrons. The van der Waals surface area contributed by atoms with E-state index in [0.717, 1.165) is 30.7 Å². The van der Waals surface area contributed by atoms with Gasteiger partial charge in [0.05, 0.1) is 6.54 Å². The van der Waals surface area contributed by atoms with Crippen LogP contribution in [0.3, 0.4) is 0 Å². The third-order valence-corrected chi connectivity index (χ3v) is 5.16. The number of benzene rings is 2. The van der Waals surface area contributed by atoms with E-state index in [-0.39, 0.29) is 0 Å². The lowest BCUT2D eigenvalue weighted by Gasteiger charge is -2.39. The summed E-state index contributed by atoms with van der Waals surface area (Å²) in [5.74, 6) is 0. The Morgan fingerprint density at radius 2 is 1.28 bits per heavy atom. The molecule has 1 heterocycles. The van der Waals surface area contributed by atoms with Crippen LogP contribution in [0.5, 0.6) is 0 Å². The van der Waals surface area contributed by atoms with Gasteiger partial charge in [-0.05, 0) is 38.3 Å². The molecule has 0 N–H and O–H groups in total. The molecule has 0 saturated carbocycles. The zero-order valence-electron chi connectivity index (χ0n) is 15.6. The van der Waals surface area contributed by atoms with Gasteiger partial charge in [0.1, 0.15) is 19.6 Å². The molecule has 0 aliphatic carbocycles. The molecule has 0 radical (unpaired) electrons. The minimum atomic E-state index is 1.06. The quantitative estimate of drug-likeness (QED) is 0.484. The van der Waals surface area contributed by atoms with Crippen LogP contribution in [0.4, 0.5) is 0 Å². The van der Waals surface area contributed by atoms with Crippen LogP contribution in [0.2, 0.25) is 0 Å². The van der Waals surface area contributed by atoms with Gasteiger partial charge in [-0.3, -0.25) is 0 Å².